The summed E-state index contributed by atoms with van der Waals surface area (Å²) in [7, 11) is 2.01. The van der Waals surface area contributed by atoms with E-state index in [9.17, 15) is 4.39 Å². The zero-order valence-electron chi connectivity index (χ0n) is 9.51. The number of hydrogen-bond donors (Lipinski definition) is 0. The number of benzene rings is 1. The second kappa shape index (κ2) is 6.58. The SMILES string of the molecule is CC(Br)CCN(C)Cc1cccc(F)c1Cl. The molecule has 4 heteroatoms. The molecule has 0 bridgehead atoms. The minimum atomic E-state index is -0.346. The molecule has 1 aromatic carbocycles. The Labute approximate surface area is 110 Å². The monoisotopic (exact) mass is 307 g/mol. The van der Waals surface area contributed by atoms with Gasteiger partial charge < -0.3 is 4.90 Å². The second-order valence-corrected chi connectivity index (χ2v) is 5.96. The van der Waals surface area contributed by atoms with Crippen LogP contribution in [-0.2, 0) is 6.54 Å². The molecular weight excluding hydrogens is 292 g/mol. The summed E-state index contributed by atoms with van der Waals surface area (Å²) in [6.45, 7) is 3.75. The van der Waals surface area contributed by atoms with Gasteiger partial charge in [-0.3, -0.25) is 0 Å². The Morgan fingerprint density at radius 1 is 1.50 bits per heavy atom. The first-order valence-electron chi connectivity index (χ1n) is 5.26. The highest BCUT2D eigenvalue weighted by molar-refractivity contribution is 9.09. The Hall–Kier alpha value is -0.120. The molecule has 0 spiro atoms. The van der Waals surface area contributed by atoms with Crippen LogP contribution in [0.2, 0.25) is 5.02 Å². The standard InChI is InChI=1S/C12H16BrClFN/c1-9(13)6-7-16(2)8-10-4-3-5-11(15)12(10)14/h3-5,9H,6-8H2,1-2H3. The molecule has 0 amide bonds. The third-order valence-corrected chi connectivity index (χ3v) is 3.26. The molecule has 0 saturated carbocycles. The molecule has 1 atom stereocenters. The summed E-state index contributed by atoms with van der Waals surface area (Å²) < 4.78 is 13.2. The van der Waals surface area contributed by atoms with Crippen LogP contribution in [0.5, 0.6) is 0 Å². The summed E-state index contributed by atoms with van der Waals surface area (Å²) >= 11 is 9.39. The lowest BCUT2D eigenvalue weighted by atomic mass is 10.2. The highest BCUT2D eigenvalue weighted by Gasteiger charge is 2.08. The molecule has 90 valence electrons. The van der Waals surface area contributed by atoms with E-state index >= 15 is 0 Å². The first-order chi connectivity index (χ1) is 7.50. The molecule has 0 aliphatic heterocycles. The number of nitrogens with zero attached hydrogens (tertiary/aromatic N) is 1. The van der Waals surface area contributed by atoms with Crippen molar-refractivity contribution in [2.75, 3.05) is 13.6 Å². The van der Waals surface area contributed by atoms with Gasteiger partial charge >= 0.3 is 0 Å². The minimum absolute atomic E-state index is 0.237. The predicted octanol–water partition coefficient (Wildman–Crippen LogP) is 4.08. The Bertz CT molecular complexity index is 344. The van der Waals surface area contributed by atoms with Crippen molar-refractivity contribution in [1.29, 1.82) is 0 Å². The number of alkyl halides is 1. The molecule has 1 nitrogen and oxygen atoms in total. The third kappa shape index (κ3) is 4.40. The Morgan fingerprint density at radius 2 is 2.19 bits per heavy atom. The van der Waals surface area contributed by atoms with Crippen LogP contribution in [0.1, 0.15) is 18.9 Å². The summed E-state index contributed by atoms with van der Waals surface area (Å²) in [5.41, 5.74) is 0.839. The van der Waals surface area contributed by atoms with Gasteiger partial charge in [-0.1, -0.05) is 46.6 Å². The van der Waals surface area contributed by atoms with E-state index in [0.29, 0.717) is 11.4 Å². The van der Waals surface area contributed by atoms with Crippen molar-refractivity contribution >= 4 is 27.5 Å². The Kier molecular flexibility index (Phi) is 5.73. The van der Waals surface area contributed by atoms with Gasteiger partial charge in [0.05, 0.1) is 5.02 Å². The van der Waals surface area contributed by atoms with Crippen LogP contribution >= 0.6 is 27.5 Å². The summed E-state index contributed by atoms with van der Waals surface area (Å²) in [6.07, 6.45) is 1.06. The van der Waals surface area contributed by atoms with Crippen LogP contribution in [0.4, 0.5) is 4.39 Å². The molecule has 0 saturated heterocycles. The van der Waals surface area contributed by atoms with E-state index in [1.807, 2.05) is 13.1 Å². The maximum atomic E-state index is 13.2. The topological polar surface area (TPSA) is 3.24 Å². The van der Waals surface area contributed by atoms with E-state index in [1.165, 1.54) is 6.07 Å². The van der Waals surface area contributed by atoms with Crippen LogP contribution in [-0.4, -0.2) is 23.3 Å². The average molecular weight is 309 g/mol. The first-order valence-corrected chi connectivity index (χ1v) is 6.55. The molecule has 0 aliphatic rings. The van der Waals surface area contributed by atoms with Crippen LogP contribution < -0.4 is 0 Å². The maximum Gasteiger partial charge on any atom is 0.142 e. The highest BCUT2D eigenvalue weighted by Crippen LogP contribution is 2.20. The van der Waals surface area contributed by atoms with Crippen molar-refractivity contribution in [2.24, 2.45) is 0 Å². The van der Waals surface area contributed by atoms with Crippen molar-refractivity contribution < 1.29 is 4.39 Å². The molecular formula is C12H16BrClFN. The van der Waals surface area contributed by atoms with Gasteiger partial charge in [-0.2, -0.15) is 0 Å². The van der Waals surface area contributed by atoms with Crippen LogP contribution in [0.25, 0.3) is 0 Å². The first kappa shape index (κ1) is 13.9. The Morgan fingerprint density at radius 3 is 2.81 bits per heavy atom. The van der Waals surface area contributed by atoms with E-state index in [2.05, 4.69) is 27.8 Å². The molecule has 1 unspecified atom stereocenters. The number of rotatable bonds is 5. The molecule has 1 aromatic rings. The third-order valence-electron chi connectivity index (χ3n) is 2.38. The van der Waals surface area contributed by atoms with Crippen molar-refractivity contribution in [3.05, 3.63) is 34.6 Å². The summed E-state index contributed by atoms with van der Waals surface area (Å²) in [6, 6.07) is 4.93. The van der Waals surface area contributed by atoms with Crippen molar-refractivity contribution in [1.82, 2.24) is 4.90 Å². The highest BCUT2D eigenvalue weighted by atomic mass is 79.9. The quantitative estimate of drug-likeness (QED) is 0.741. The zero-order valence-corrected chi connectivity index (χ0v) is 11.9. The van der Waals surface area contributed by atoms with Crippen molar-refractivity contribution in [2.45, 2.75) is 24.7 Å². The van der Waals surface area contributed by atoms with Gasteiger partial charge in [0.1, 0.15) is 5.82 Å². The van der Waals surface area contributed by atoms with Crippen LogP contribution in [0.15, 0.2) is 18.2 Å². The summed E-state index contributed by atoms with van der Waals surface area (Å²) in [4.78, 5) is 2.64. The fourth-order valence-corrected chi connectivity index (χ4v) is 1.83. The van der Waals surface area contributed by atoms with Crippen molar-refractivity contribution in [3.8, 4) is 0 Å². The number of halogens is 3. The van der Waals surface area contributed by atoms with Gasteiger partial charge in [0.25, 0.3) is 0 Å². The largest absolute Gasteiger partial charge is 0.302 e. The molecule has 0 aliphatic carbocycles. The van der Waals surface area contributed by atoms with E-state index < -0.39 is 0 Å². The fourth-order valence-electron chi connectivity index (χ4n) is 1.44. The fraction of sp³-hybridized carbons (Fsp3) is 0.500. The van der Waals surface area contributed by atoms with Crippen LogP contribution in [0, 0.1) is 5.82 Å². The molecule has 0 fully saturated rings. The molecule has 0 heterocycles. The lowest BCUT2D eigenvalue weighted by molar-refractivity contribution is 0.322. The van der Waals surface area contributed by atoms with Gasteiger partial charge in [0.2, 0.25) is 0 Å². The second-order valence-electron chi connectivity index (χ2n) is 4.02. The lowest BCUT2D eigenvalue weighted by Crippen LogP contribution is -2.21. The predicted molar refractivity (Wildman–Crippen MR) is 70.8 cm³/mol. The minimum Gasteiger partial charge on any atom is -0.302 e. The molecule has 1 rings (SSSR count). The van der Waals surface area contributed by atoms with E-state index in [1.54, 1.807) is 6.07 Å². The number of hydrogen-bond acceptors (Lipinski definition) is 1. The van der Waals surface area contributed by atoms with Gasteiger partial charge in [-0.15, -0.1) is 0 Å². The van der Waals surface area contributed by atoms with E-state index in [0.717, 1.165) is 18.5 Å². The van der Waals surface area contributed by atoms with Gasteiger partial charge in [-0.05, 0) is 31.6 Å². The maximum absolute atomic E-state index is 13.2. The molecule has 0 radical (unpaired) electrons. The lowest BCUT2D eigenvalue weighted by Gasteiger charge is -2.18. The van der Waals surface area contributed by atoms with Crippen LogP contribution in [0.3, 0.4) is 0 Å². The normalized spacial score (nSPS) is 13.1. The summed E-state index contributed by atoms with van der Waals surface area (Å²) in [5.74, 6) is -0.346. The smallest absolute Gasteiger partial charge is 0.142 e. The van der Waals surface area contributed by atoms with E-state index in [-0.39, 0.29) is 10.8 Å². The van der Waals surface area contributed by atoms with E-state index in [4.69, 9.17) is 11.6 Å². The zero-order chi connectivity index (χ0) is 12.1. The van der Waals surface area contributed by atoms with Gasteiger partial charge in [0.15, 0.2) is 0 Å². The summed E-state index contributed by atoms with van der Waals surface area (Å²) in [5, 5.41) is 0.237. The van der Waals surface area contributed by atoms with Gasteiger partial charge in [-0.25, -0.2) is 4.39 Å². The molecule has 0 N–H and O–H groups in total. The average Bonchev–Trinajstić information content (AvgIpc) is 2.22. The Balaban J connectivity index is 2.56. The van der Waals surface area contributed by atoms with Gasteiger partial charge in [0, 0.05) is 11.4 Å². The molecule has 16 heavy (non-hydrogen) atoms. The van der Waals surface area contributed by atoms with Crippen molar-refractivity contribution in [3.63, 3.8) is 0 Å². The molecule has 0 aromatic heterocycles.